The summed E-state index contributed by atoms with van der Waals surface area (Å²) in [5.74, 6) is 0.693. The van der Waals surface area contributed by atoms with Gasteiger partial charge in [0.15, 0.2) is 0 Å². The van der Waals surface area contributed by atoms with Crippen molar-refractivity contribution in [2.45, 2.75) is 27.2 Å². The van der Waals surface area contributed by atoms with E-state index >= 15 is 0 Å². The Labute approximate surface area is 78.7 Å². The minimum Gasteiger partial charge on any atom is -0.387 e. The van der Waals surface area contributed by atoms with Crippen molar-refractivity contribution in [2.75, 3.05) is 6.54 Å². The molecule has 0 heterocycles. The third kappa shape index (κ3) is 4.25. The first-order valence-corrected chi connectivity index (χ1v) is 4.21. The third-order valence-electron chi connectivity index (χ3n) is 1.39. The van der Waals surface area contributed by atoms with Gasteiger partial charge in [-0.15, -0.1) is 0 Å². The number of aliphatic imine (C=N–C) groups is 1. The van der Waals surface area contributed by atoms with Gasteiger partial charge in [0.1, 0.15) is 0 Å². The number of hydrogen-bond donors (Lipinski definition) is 3. The van der Waals surface area contributed by atoms with E-state index in [-0.39, 0.29) is 5.96 Å². The minimum absolute atomic E-state index is 0.0364. The second-order valence-electron chi connectivity index (χ2n) is 2.81. The largest absolute Gasteiger partial charge is 0.387 e. The maximum Gasteiger partial charge on any atom is 0.224 e. The number of rotatable bonds is 2. The molecule has 5 nitrogen and oxygen atoms in total. The van der Waals surface area contributed by atoms with Crippen LogP contribution in [-0.2, 0) is 0 Å². The topological polar surface area (TPSA) is 89.3 Å². The summed E-state index contributed by atoms with van der Waals surface area (Å²) in [6.07, 6.45) is 0.873. The van der Waals surface area contributed by atoms with Gasteiger partial charge in [0.05, 0.1) is 11.7 Å². The van der Waals surface area contributed by atoms with E-state index < -0.39 is 0 Å². The monoisotopic (exact) mass is 183 g/mol. The molecule has 0 aromatic rings. The molecule has 13 heavy (non-hydrogen) atoms. The van der Waals surface area contributed by atoms with Crippen molar-refractivity contribution in [1.82, 2.24) is 4.90 Å². The first-order valence-electron chi connectivity index (χ1n) is 4.21. The summed E-state index contributed by atoms with van der Waals surface area (Å²) >= 11 is 0. The molecular formula is C8H17N5. The van der Waals surface area contributed by atoms with E-state index in [1.807, 2.05) is 6.92 Å². The lowest BCUT2D eigenvalue weighted by atomic mass is 10.4. The molecule has 0 amide bonds. The Balaban J connectivity index is 4.47. The van der Waals surface area contributed by atoms with Crippen molar-refractivity contribution in [3.8, 4) is 0 Å². The molecule has 0 bridgehead atoms. The lowest BCUT2D eigenvalue weighted by Gasteiger charge is -2.20. The number of nitrogens with two attached hydrogens (primary N) is 1. The van der Waals surface area contributed by atoms with Crippen LogP contribution in [0.2, 0.25) is 0 Å². The van der Waals surface area contributed by atoms with E-state index in [0.29, 0.717) is 18.2 Å². The third-order valence-corrected chi connectivity index (χ3v) is 1.39. The van der Waals surface area contributed by atoms with Crippen LogP contribution in [0.5, 0.6) is 0 Å². The molecule has 0 aromatic carbocycles. The van der Waals surface area contributed by atoms with Crippen molar-refractivity contribution in [2.24, 2.45) is 10.7 Å². The number of nitrogens with zero attached hydrogens (tertiary/aromatic N) is 2. The van der Waals surface area contributed by atoms with Gasteiger partial charge in [0.25, 0.3) is 0 Å². The normalized spacial score (nSPS) is 11.2. The zero-order valence-corrected chi connectivity index (χ0v) is 8.39. The van der Waals surface area contributed by atoms with Crippen molar-refractivity contribution >= 4 is 17.6 Å². The average Bonchev–Trinajstić information content (AvgIpc) is 1.97. The molecule has 0 unspecified atom stereocenters. The van der Waals surface area contributed by atoms with Crippen LogP contribution >= 0.6 is 0 Å². The van der Waals surface area contributed by atoms with Crippen LogP contribution in [-0.4, -0.2) is 29.1 Å². The van der Waals surface area contributed by atoms with Crippen LogP contribution in [0.15, 0.2) is 4.99 Å². The van der Waals surface area contributed by atoms with E-state index in [1.165, 1.54) is 4.90 Å². The summed E-state index contributed by atoms with van der Waals surface area (Å²) < 4.78 is 0. The molecule has 4 N–H and O–H groups in total. The Morgan fingerprint density at radius 2 is 1.92 bits per heavy atom. The molecule has 0 radical (unpaired) electrons. The summed E-state index contributed by atoms with van der Waals surface area (Å²) in [5, 5.41) is 14.9. The highest BCUT2D eigenvalue weighted by atomic mass is 15.3. The highest BCUT2D eigenvalue weighted by Crippen LogP contribution is 1.95. The summed E-state index contributed by atoms with van der Waals surface area (Å²) in [6, 6.07) is 0. The van der Waals surface area contributed by atoms with Gasteiger partial charge in [0.2, 0.25) is 5.96 Å². The Kier molecular flexibility index (Phi) is 4.72. The van der Waals surface area contributed by atoms with Gasteiger partial charge in [-0.3, -0.25) is 15.7 Å². The maximum atomic E-state index is 7.53. The number of hydrogen-bond acceptors (Lipinski definition) is 2. The molecule has 0 spiro atoms. The molecule has 0 saturated carbocycles. The maximum absolute atomic E-state index is 7.53. The smallest absolute Gasteiger partial charge is 0.224 e. The van der Waals surface area contributed by atoms with E-state index in [0.717, 1.165) is 6.42 Å². The summed E-state index contributed by atoms with van der Waals surface area (Å²) in [4.78, 5) is 5.29. The molecule has 74 valence electrons. The highest BCUT2D eigenvalue weighted by molar-refractivity contribution is 6.01. The Bertz CT molecular complexity index is 227. The van der Waals surface area contributed by atoms with Gasteiger partial charge in [-0.25, -0.2) is 4.99 Å². The van der Waals surface area contributed by atoms with Crippen molar-refractivity contribution < 1.29 is 0 Å². The van der Waals surface area contributed by atoms with Gasteiger partial charge in [0, 0.05) is 6.54 Å². The Morgan fingerprint density at radius 3 is 2.23 bits per heavy atom. The lowest BCUT2D eigenvalue weighted by molar-refractivity contribution is 0.578. The van der Waals surface area contributed by atoms with Gasteiger partial charge in [-0.1, -0.05) is 6.92 Å². The SMILES string of the molecule is CCCN(C(C)=N)C(=N)N=C(C)N. The number of nitrogens with one attached hydrogen (secondary N) is 2. The molecule has 0 fully saturated rings. The zero-order valence-electron chi connectivity index (χ0n) is 8.39. The highest BCUT2D eigenvalue weighted by Gasteiger charge is 2.09. The molecule has 0 aromatic heterocycles. The van der Waals surface area contributed by atoms with E-state index in [1.54, 1.807) is 13.8 Å². The van der Waals surface area contributed by atoms with Crippen LogP contribution in [0, 0.1) is 10.8 Å². The molecule has 0 rings (SSSR count). The van der Waals surface area contributed by atoms with Gasteiger partial charge >= 0.3 is 0 Å². The van der Waals surface area contributed by atoms with E-state index in [2.05, 4.69) is 4.99 Å². The Hall–Kier alpha value is -1.39. The van der Waals surface area contributed by atoms with E-state index in [9.17, 15) is 0 Å². The summed E-state index contributed by atoms with van der Waals surface area (Å²) in [6.45, 7) is 5.87. The predicted octanol–water partition coefficient (Wildman–Crippen LogP) is 1.01. The zero-order chi connectivity index (χ0) is 10.4. The van der Waals surface area contributed by atoms with Crippen LogP contribution in [0.25, 0.3) is 0 Å². The van der Waals surface area contributed by atoms with Gasteiger partial charge in [-0.2, -0.15) is 0 Å². The fourth-order valence-electron chi connectivity index (χ4n) is 0.883. The molecule has 0 aliphatic carbocycles. The minimum atomic E-state index is 0.0364. The van der Waals surface area contributed by atoms with Crippen molar-refractivity contribution in [3.05, 3.63) is 0 Å². The first-order chi connectivity index (χ1) is 5.99. The molecule has 0 saturated heterocycles. The second kappa shape index (κ2) is 5.29. The predicted molar refractivity (Wildman–Crippen MR) is 55.4 cm³/mol. The number of amidine groups is 2. The van der Waals surface area contributed by atoms with Gasteiger partial charge < -0.3 is 5.73 Å². The second-order valence-corrected chi connectivity index (χ2v) is 2.81. The van der Waals surface area contributed by atoms with Crippen molar-refractivity contribution in [3.63, 3.8) is 0 Å². The van der Waals surface area contributed by atoms with E-state index in [4.69, 9.17) is 16.6 Å². The van der Waals surface area contributed by atoms with Crippen LogP contribution < -0.4 is 5.73 Å². The van der Waals surface area contributed by atoms with Crippen LogP contribution in [0.4, 0.5) is 0 Å². The van der Waals surface area contributed by atoms with Crippen molar-refractivity contribution in [1.29, 1.82) is 10.8 Å². The lowest BCUT2D eigenvalue weighted by Crippen LogP contribution is -2.34. The molecule has 0 atom stereocenters. The number of guanidine groups is 1. The van der Waals surface area contributed by atoms with Crippen LogP contribution in [0.1, 0.15) is 27.2 Å². The quantitative estimate of drug-likeness (QED) is 0.440. The van der Waals surface area contributed by atoms with Gasteiger partial charge in [-0.05, 0) is 20.3 Å². The molecule has 5 heteroatoms. The van der Waals surface area contributed by atoms with Crippen LogP contribution in [0.3, 0.4) is 0 Å². The Morgan fingerprint density at radius 1 is 1.38 bits per heavy atom. The molecule has 0 aliphatic rings. The standard InChI is InChI=1S/C8H17N5/c1-4-5-13(7(3)10)8(11)12-6(2)9/h10H,4-5H2,1-3H3,(H3,9,11,12). The first kappa shape index (κ1) is 11.6. The fraction of sp³-hybridized carbons (Fsp3) is 0.625. The average molecular weight is 183 g/mol. The summed E-state index contributed by atoms with van der Waals surface area (Å²) in [7, 11) is 0. The molecule has 0 aliphatic heterocycles. The fourth-order valence-corrected chi connectivity index (χ4v) is 0.883. The molecular weight excluding hydrogens is 166 g/mol. The summed E-state index contributed by atoms with van der Waals surface area (Å²) in [5.41, 5.74) is 5.34.